The SMILES string of the molecule is CCN(CC)C(C)C(=O)NC(=O)O. The number of likely N-dealkylation sites (N-methyl/N-ethyl adjacent to an activating group) is 1. The van der Waals surface area contributed by atoms with E-state index in [9.17, 15) is 9.59 Å². The van der Waals surface area contributed by atoms with Gasteiger partial charge in [0.2, 0.25) is 5.91 Å². The van der Waals surface area contributed by atoms with Crippen molar-refractivity contribution in [2.75, 3.05) is 13.1 Å². The largest absolute Gasteiger partial charge is 0.465 e. The molecule has 0 aromatic heterocycles. The van der Waals surface area contributed by atoms with Crippen LogP contribution in [0.2, 0.25) is 0 Å². The fourth-order valence-electron chi connectivity index (χ4n) is 1.15. The Morgan fingerprint density at radius 3 is 2.15 bits per heavy atom. The Morgan fingerprint density at radius 2 is 1.85 bits per heavy atom. The molecule has 1 atom stereocenters. The molecule has 5 nitrogen and oxygen atoms in total. The number of carbonyl (C=O) groups excluding carboxylic acids is 1. The van der Waals surface area contributed by atoms with Gasteiger partial charge in [0.1, 0.15) is 0 Å². The second kappa shape index (κ2) is 5.53. The molecule has 13 heavy (non-hydrogen) atoms. The van der Waals surface area contributed by atoms with Crippen molar-refractivity contribution in [3.63, 3.8) is 0 Å². The van der Waals surface area contributed by atoms with E-state index >= 15 is 0 Å². The van der Waals surface area contributed by atoms with Gasteiger partial charge in [-0.05, 0) is 20.0 Å². The highest BCUT2D eigenvalue weighted by molar-refractivity contribution is 5.93. The number of amides is 2. The molecule has 0 aliphatic rings. The Balaban J connectivity index is 4.14. The third-order valence-electron chi connectivity index (χ3n) is 1.97. The van der Waals surface area contributed by atoms with Gasteiger partial charge in [-0.3, -0.25) is 15.0 Å². The molecule has 0 saturated heterocycles. The highest BCUT2D eigenvalue weighted by Gasteiger charge is 2.19. The topological polar surface area (TPSA) is 69.6 Å². The second-order valence-corrected chi connectivity index (χ2v) is 2.69. The maximum atomic E-state index is 11.2. The van der Waals surface area contributed by atoms with Crippen molar-refractivity contribution < 1.29 is 14.7 Å². The standard InChI is InChI=1S/C8H16N2O3/c1-4-10(5-2)6(3)7(11)9-8(12)13/h6H,4-5H2,1-3H3,(H,9,11)(H,12,13). The minimum absolute atomic E-state index is 0.397. The Hall–Kier alpha value is -1.10. The van der Waals surface area contributed by atoms with Crippen LogP contribution in [-0.2, 0) is 4.79 Å². The van der Waals surface area contributed by atoms with Gasteiger partial charge in [-0.2, -0.15) is 0 Å². The molecule has 0 rings (SSSR count). The van der Waals surface area contributed by atoms with Crippen LogP contribution in [0.1, 0.15) is 20.8 Å². The van der Waals surface area contributed by atoms with E-state index in [-0.39, 0.29) is 0 Å². The molecular formula is C8H16N2O3. The summed E-state index contributed by atoms with van der Waals surface area (Å²) < 4.78 is 0. The summed E-state index contributed by atoms with van der Waals surface area (Å²) in [4.78, 5) is 23.2. The maximum Gasteiger partial charge on any atom is 0.411 e. The van der Waals surface area contributed by atoms with E-state index in [0.29, 0.717) is 0 Å². The van der Waals surface area contributed by atoms with E-state index in [2.05, 4.69) is 0 Å². The lowest BCUT2D eigenvalue weighted by Gasteiger charge is -2.24. The molecule has 2 amide bonds. The van der Waals surface area contributed by atoms with Crippen LogP contribution in [-0.4, -0.2) is 41.1 Å². The normalized spacial score (nSPS) is 12.6. The van der Waals surface area contributed by atoms with Crippen LogP contribution in [0.15, 0.2) is 0 Å². The summed E-state index contributed by atoms with van der Waals surface area (Å²) in [5, 5.41) is 10.1. The molecule has 5 heteroatoms. The quantitative estimate of drug-likeness (QED) is 0.674. The van der Waals surface area contributed by atoms with Crippen molar-refractivity contribution >= 4 is 12.0 Å². The average Bonchev–Trinajstić information content (AvgIpc) is 2.05. The summed E-state index contributed by atoms with van der Waals surface area (Å²) >= 11 is 0. The van der Waals surface area contributed by atoms with Crippen molar-refractivity contribution in [2.24, 2.45) is 0 Å². The molecule has 76 valence electrons. The Morgan fingerprint density at radius 1 is 1.38 bits per heavy atom. The molecule has 0 saturated carbocycles. The van der Waals surface area contributed by atoms with E-state index < -0.39 is 18.0 Å². The lowest BCUT2D eigenvalue weighted by atomic mass is 10.2. The number of rotatable bonds is 4. The molecule has 0 fully saturated rings. The highest BCUT2D eigenvalue weighted by atomic mass is 16.4. The molecule has 0 aromatic carbocycles. The number of hydrogen-bond acceptors (Lipinski definition) is 3. The van der Waals surface area contributed by atoms with Crippen molar-refractivity contribution in [1.82, 2.24) is 10.2 Å². The van der Waals surface area contributed by atoms with Gasteiger partial charge in [-0.15, -0.1) is 0 Å². The summed E-state index contributed by atoms with van der Waals surface area (Å²) in [5.74, 6) is -0.476. The van der Waals surface area contributed by atoms with Crippen LogP contribution >= 0.6 is 0 Å². The molecule has 0 aliphatic carbocycles. The molecule has 0 radical (unpaired) electrons. The Bertz CT molecular complexity index is 190. The molecule has 2 N–H and O–H groups in total. The molecule has 0 heterocycles. The lowest BCUT2D eigenvalue weighted by Crippen LogP contribution is -2.46. The molecule has 0 spiro atoms. The number of carbonyl (C=O) groups is 2. The first-order valence-electron chi connectivity index (χ1n) is 4.30. The van der Waals surface area contributed by atoms with Gasteiger partial charge in [-0.25, -0.2) is 4.79 Å². The van der Waals surface area contributed by atoms with Gasteiger partial charge in [0.05, 0.1) is 6.04 Å². The molecular weight excluding hydrogens is 172 g/mol. The first-order valence-corrected chi connectivity index (χ1v) is 4.30. The van der Waals surface area contributed by atoms with Gasteiger partial charge >= 0.3 is 6.09 Å². The van der Waals surface area contributed by atoms with Crippen molar-refractivity contribution in [2.45, 2.75) is 26.8 Å². The summed E-state index contributed by atoms with van der Waals surface area (Å²) in [6, 6.07) is -0.397. The Kier molecular flexibility index (Phi) is 5.06. The van der Waals surface area contributed by atoms with Crippen molar-refractivity contribution in [3.05, 3.63) is 0 Å². The first-order chi connectivity index (χ1) is 6.02. The summed E-state index contributed by atoms with van der Waals surface area (Å²) in [7, 11) is 0. The summed E-state index contributed by atoms with van der Waals surface area (Å²) in [6.07, 6.45) is -1.30. The van der Waals surface area contributed by atoms with Crippen LogP contribution in [0.25, 0.3) is 0 Å². The third-order valence-corrected chi connectivity index (χ3v) is 1.97. The van der Waals surface area contributed by atoms with Gasteiger partial charge in [0, 0.05) is 0 Å². The van der Waals surface area contributed by atoms with Crippen LogP contribution in [0.4, 0.5) is 4.79 Å². The minimum Gasteiger partial charge on any atom is -0.465 e. The monoisotopic (exact) mass is 188 g/mol. The fraction of sp³-hybridized carbons (Fsp3) is 0.750. The van der Waals surface area contributed by atoms with Gasteiger partial charge in [-0.1, -0.05) is 13.8 Å². The first kappa shape index (κ1) is 11.9. The highest BCUT2D eigenvalue weighted by Crippen LogP contribution is 1.97. The molecule has 1 unspecified atom stereocenters. The predicted octanol–water partition coefficient (Wildman–Crippen LogP) is 0.511. The van der Waals surface area contributed by atoms with Crippen LogP contribution < -0.4 is 5.32 Å². The molecule has 0 bridgehead atoms. The van der Waals surface area contributed by atoms with Crippen LogP contribution in [0.5, 0.6) is 0 Å². The van der Waals surface area contributed by atoms with Gasteiger partial charge in [0.25, 0.3) is 0 Å². The van der Waals surface area contributed by atoms with Crippen molar-refractivity contribution in [1.29, 1.82) is 0 Å². The van der Waals surface area contributed by atoms with Crippen LogP contribution in [0.3, 0.4) is 0 Å². The second-order valence-electron chi connectivity index (χ2n) is 2.69. The fourth-order valence-corrected chi connectivity index (χ4v) is 1.15. The molecule has 0 aliphatic heterocycles. The Labute approximate surface area is 77.7 Å². The van der Waals surface area contributed by atoms with Crippen molar-refractivity contribution in [3.8, 4) is 0 Å². The number of carboxylic acid groups (broad SMARTS) is 1. The van der Waals surface area contributed by atoms with E-state index in [1.165, 1.54) is 0 Å². The zero-order chi connectivity index (χ0) is 10.4. The van der Waals surface area contributed by atoms with E-state index in [0.717, 1.165) is 13.1 Å². The summed E-state index contributed by atoms with van der Waals surface area (Å²) in [6.45, 7) is 6.99. The van der Waals surface area contributed by atoms with Gasteiger partial charge < -0.3 is 5.11 Å². The predicted molar refractivity (Wildman–Crippen MR) is 48.6 cm³/mol. The minimum atomic E-state index is -1.30. The third kappa shape index (κ3) is 3.89. The average molecular weight is 188 g/mol. The maximum absolute atomic E-state index is 11.2. The zero-order valence-corrected chi connectivity index (χ0v) is 8.20. The number of nitrogens with one attached hydrogen (secondary N) is 1. The molecule has 0 aromatic rings. The number of nitrogens with zero attached hydrogens (tertiary/aromatic N) is 1. The van der Waals surface area contributed by atoms with E-state index in [4.69, 9.17) is 5.11 Å². The van der Waals surface area contributed by atoms with E-state index in [1.807, 2.05) is 24.1 Å². The zero-order valence-electron chi connectivity index (χ0n) is 8.20. The smallest absolute Gasteiger partial charge is 0.411 e. The van der Waals surface area contributed by atoms with Gasteiger partial charge in [0.15, 0.2) is 0 Å². The summed E-state index contributed by atoms with van der Waals surface area (Å²) in [5.41, 5.74) is 0. The van der Waals surface area contributed by atoms with E-state index in [1.54, 1.807) is 6.92 Å². The number of hydrogen-bond donors (Lipinski definition) is 2. The lowest BCUT2D eigenvalue weighted by molar-refractivity contribution is -0.124. The van der Waals surface area contributed by atoms with Crippen LogP contribution in [0, 0.1) is 0 Å². The number of imide groups is 1.